The molecular formula is C18H9ClF3N3O3S2. The van der Waals surface area contributed by atoms with Gasteiger partial charge in [-0.25, -0.2) is 18.1 Å². The van der Waals surface area contributed by atoms with E-state index in [0.717, 1.165) is 17.4 Å². The number of sulfonamides is 1. The standard InChI is InChI=1S/C18H9ClF3N3O3S2/c19-12-3-1-2-11(7-12)17-24-14(9-29-17)16(26)25-30(27,28)15-5-4-10(8-23)6-13(15)18(20,21)22/h1-7,9H,(H,25,26). The van der Waals surface area contributed by atoms with E-state index in [4.69, 9.17) is 16.9 Å². The van der Waals surface area contributed by atoms with Crippen molar-refractivity contribution in [3.63, 3.8) is 0 Å². The lowest BCUT2D eigenvalue weighted by Gasteiger charge is -2.13. The van der Waals surface area contributed by atoms with E-state index in [1.807, 2.05) is 0 Å². The molecule has 0 bridgehead atoms. The molecule has 2 aromatic carbocycles. The maximum Gasteiger partial charge on any atom is 0.417 e. The lowest BCUT2D eigenvalue weighted by Crippen LogP contribution is -2.32. The molecule has 0 unspecified atom stereocenters. The van der Waals surface area contributed by atoms with E-state index in [-0.39, 0.29) is 11.3 Å². The number of halogens is 4. The Morgan fingerprint density at radius 1 is 1.20 bits per heavy atom. The molecule has 0 atom stereocenters. The number of aromatic nitrogens is 1. The van der Waals surface area contributed by atoms with E-state index in [9.17, 15) is 26.4 Å². The monoisotopic (exact) mass is 471 g/mol. The van der Waals surface area contributed by atoms with Crippen LogP contribution in [0.2, 0.25) is 5.02 Å². The number of hydrogen-bond donors (Lipinski definition) is 1. The highest BCUT2D eigenvalue weighted by atomic mass is 35.5. The first-order chi connectivity index (χ1) is 14.0. The van der Waals surface area contributed by atoms with Crippen LogP contribution >= 0.6 is 22.9 Å². The number of hydrogen-bond acceptors (Lipinski definition) is 6. The second-order valence-corrected chi connectivity index (χ2v) is 8.75. The highest BCUT2D eigenvalue weighted by Gasteiger charge is 2.38. The lowest BCUT2D eigenvalue weighted by molar-refractivity contribution is -0.139. The number of nitrogens with zero attached hydrogens (tertiary/aromatic N) is 2. The highest BCUT2D eigenvalue weighted by Crippen LogP contribution is 2.35. The predicted octanol–water partition coefficient (Wildman–Crippen LogP) is 4.47. The summed E-state index contributed by atoms with van der Waals surface area (Å²) < 4.78 is 66.3. The van der Waals surface area contributed by atoms with Crippen LogP contribution in [0.15, 0.2) is 52.7 Å². The molecule has 1 N–H and O–H groups in total. The summed E-state index contributed by atoms with van der Waals surface area (Å²) >= 11 is 6.93. The number of nitrogens with one attached hydrogen (secondary N) is 1. The minimum absolute atomic E-state index is 0.291. The van der Waals surface area contributed by atoms with E-state index in [0.29, 0.717) is 27.7 Å². The Balaban J connectivity index is 1.92. The largest absolute Gasteiger partial charge is 0.417 e. The Morgan fingerprint density at radius 3 is 2.57 bits per heavy atom. The molecule has 0 saturated heterocycles. The van der Waals surface area contributed by atoms with Crippen LogP contribution in [0.5, 0.6) is 0 Å². The third-order valence-electron chi connectivity index (χ3n) is 3.74. The first-order valence-corrected chi connectivity index (χ1v) is 10.7. The molecule has 0 radical (unpaired) electrons. The van der Waals surface area contributed by atoms with Gasteiger partial charge in [0.2, 0.25) is 0 Å². The summed E-state index contributed by atoms with van der Waals surface area (Å²) in [6.07, 6.45) is -5.06. The topological polar surface area (TPSA) is 99.9 Å². The maximum atomic E-state index is 13.3. The number of alkyl halides is 3. The van der Waals surface area contributed by atoms with E-state index in [2.05, 4.69) is 4.98 Å². The smallest absolute Gasteiger partial charge is 0.266 e. The molecule has 0 aliphatic rings. The molecule has 12 heteroatoms. The zero-order valence-electron chi connectivity index (χ0n) is 14.6. The Bertz CT molecular complexity index is 1280. The zero-order chi connectivity index (χ0) is 22.1. The van der Waals surface area contributed by atoms with Gasteiger partial charge in [0, 0.05) is 16.0 Å². The molecule has 30 heavy (non-hydrogen) atoms. The summed E-state index contributed by atoms with van der Waals surface area (Å²) in [5.74, 6) is -1.20. The molecule has 0 spiro atoms. The van der Waals surface area contributed by atoms with Crippen molar-refractivity contribution in [1.82, 2.24) is 9.71 Å². The predicted molar refractivity (Wildman–Crippen MR) is 103 cm³/mol. The maximum absolute atomic E-state index is 13.3. The van der Waals surface area contributed by atoms with Crippen molar-refractivity contribution in [3.05, 3.63) is 69.7 Å². The first-order valence-electron chi connectivity index (χ1n) is 7.91. The molecule has 0 aliphatic carbocycles. The Hall–Kier alpha value is -2.94. The molecule has 1 heterocycles. The first kappa shape index (κ1) is 21.8. The zero-order valence-corrected chi connectivity index (χ0v) is 17.0. The van der Waals surface area contributed by atoms with Crippen LogP contribution in [0.1, 0.15) is 21.6 Å². The van der Waals surface area contributed by atoms with Gasteiger partial charge in [0.25, 0.3) is 15.9 Å². The average Bonchev–Trinajstić information content (AvgIpc) is 3.17. The van der Waals surface area contributed by atoms with E-state index in [1.165, 1.54) is 11.4 Å². The number of rotatable bonds is 4. The lowest BCUT2D eigenvalue weighted by atomic mass is 10.1. The van der Waals surface area contributed by atoms with Gasteiger partial charge in [-0.15, -0.1) is 11.3 Å². The number of nitriles is 1. The van der Waals surface area contributed by atoms with Gasteiger partial charge in [0.05, 0.1) is 22.1 Å². The molecular weight excluding hydrogens is 463 g/mol. The van der Waals surface area contributed by atoms with Crippen LogP contribution in [0.25, 0.3) is 10.6 Å². The molecule has 0 fully saturated rings. The van der Waals surface area contributed by atoms with Gasteiger partial charge in [-0.3, -0.25) is 4.79 Å². The van der Waals surface area contributed by atoms with Gasteiger partial charge in [-0.2, -0.15) is 18.4 Å². The summed E-state index contributed by atoms with van der Waals surface area (Å²) in [5.41, 5.74) is -1.64. The number of carbonyl (C=O) groups is 1. The number of amides is 1. The van der Waals surface area contributed by atoms with Gasteiger partial charge in [0.15, 0.2) is 0 Å². The van der Waals surface area contributed by atoms with Gasteiger partial charge in [0.1, 0.15) is 10.7 Å². The van der Waals surface area contributed by atoms with Crippen molar-refractivity contribution in [2.24, 2.45) is 0 Å². The summed E-state index contributed by atoms with van der Waals surface area (Å²) in [7, 11) is -4.89. The van der Waals surface area contributed by atoms with Crippen molar-refractivity contribution in [1.29, 1.82) is 5.26 Å². The molecule has 1 amide bonds. The normalized spacial score (nSPS) is 11.7. The third kappa shape index (κ3) is 4.62. The number of benzene rings is 2. The molecule has 1 aromatic heterocycles. The van der Waals surface area contributed by atoms with Crippen molar-refractivity contribution in [3.8, 4) is 16.6 Å². The number of carbonyl (C=O) groups excluding carboxylic acids is 1. The Labute approximate surface area is 177 Å². The SMILES string of the molecule is N#Cc1ccc(S(=O)(=O)NC(=O)c2csc(-c3cccc(Cl)c3)n2)c(C(F)(F)F)c1. The van der Waals surface area contributed by atoms with Crippen molar-refractivity contribution in [2.75, 3.05) is 0 Å². The molecule has 0 saturated carbocycles. The quantitative estimate of drug-likeness (QED) is 0.605. The second-order valence-electron chi connectivity index (χ2n) is 5.80. The van der Waals surface area contributed by atoms with Gasteiger partial charge in [-0.1, -0.05) is 23.7 Å². The van der Waals surface area contributed by atoms with Gasteiger partial charge < -0.3 is 0 Å². The van der Waals surface area contributed by atoms with E-state index < -0.39 is 32.6 Å². The summed E-state index contributed by atoms with van der Waals surface area (Å²) in [6.45, 7) is 0. The van der Waals surface area contributed by atoms with Crippen LogP contribution in [-0.4, -0.2) is 19.3 Å². The third-order valence-corrected chi connectivity index (χ3v) is 6.25. The van der Waals surface area contributed by atoms with Gasteiger partial charge in [-0.05, 0) is 30.3 Å². The molecule has 154 valence electrons. The fraction of sp³-hybridized carbons (Fsp3) is 0.0556. The van der Waals surface area contributed by atoms with Crippen LogP contribution in [0, 0.1) is 11.3 Å². The highest BCUT2D eigenvalue weighted by molar-refractivity contribution is 7.90. The van der Waals surface area contributed by atoms with Crippen LogP contribution < -0.4 is 4.72 Å². The summed E-state index contributed by atoms with van der Waals surface area (Å²) in [5, 5.41) is 10.8. The Morgan fingerprint density at radius 2 is 1.93 bits per heavy atom. The molecule has 3 rings (SSSR count). The Kier molecular flexibility index (Phi) is 5.85. The summed E-state index contributed by atoms with van der Waals surface area (Å²) in [6, 6.07) is 10.00. The average molecular weight is 472 g/mol. The van der Waals surface area contributed by atoms with Crippen molar-refractivity contribution in [2.45, 2.75) is 11.1 Å². The minimum Gasteiger partial charge on any atom is -0.266 e. The van der Waals surface area contributed by atoms with Crippen molar-refractivity contribution >= 4 is 38.9 Å². The molecule has 0 aliphatic heterocycles. The van der Waals surface area contributed by atoms with Crippen LogP contribution in [0.3, 0.4) is 0 Å². The van der Waals surface area contributed by atoms with E-state index in [1.54, 1.807) is 29.0 Å². The van der Waals surface area contributed by atoms with Crippen molar-refractivity contribution < 1.29 is 26.4 Å². The van der Waals surface area contributed by atoms with Crippen LogP contribution in [-0.2, 0) is 16.2 Å². The number of thiazole rings is 1. The molecule has 3 aromatic rings. The van der Waals surface area contributed by atoms with E-state index >= 15 is 0 Å². The van der Waals surface area contributed by atoms with Gasteiger partial charge >= 0.3 is 6.18 Å². The minimum atomic E-state index is -5.06. The second kappa shape index (κ2) is 8.06. The fourth-order valence-corrected chi connectivity index (χ4v) is 4.57. The fourth-order valence-electron chi connectivity index (χ4n) is 2.42. The summed E-state index contributed by atoms with van der Waals surface area (Å²) in [4.78, 5) is 15.2. The van der Waals surface area contributed by atoms with Crippen LogP contribution in [0.4, 0.5) is 13.2 Å². The molecule has 6 nitrogen and oxygen atoms in total.